The summed E-state index contributed by atoms with van der Waals surface area (Å²) in [6.45, 7) is 3.41. The first-order valence-electron chi connectivity index (χ1n) is 7.85. The first-order chi connectivity index (χ1) is 10.7. The number of hydrogen-bond acceptors (Lipinski definition) is 3. The topological polar surface area (TPSA) is 50.4 Å². The molecule has 0 aromatic heterocycles. The van der Waals surface area contributed by atoms with Crippen LogP contribution in [0.4, 0.5) is 0 Å². The third kappa shape index (κ3) is 6.42. The maximum Gasteiger partial charge on any atom is 0.220 e. The van der Waals surface area contributed by atoms with E-state index >= 15 is 0 Å². The van der Waals surface area contributed by atoms with Gasteiger partial charge in [-0.15, -0.1) is 12.4 Å². The standard InChI is InChI=1S/C17H25BrN2O2.ClH/c1-22-13-17(8-10-19-11-9-17)12-20-16(21)7-6-14-4-2-3-5-15(14)18;/h2-5,19H,6-13H2,1H3,(H,20,21);1H. The molecule has 1 saturated heterocycles. The van der Waals surface area contributed by atoms with Gasteiger partial charge >= 0.3 is 0 Å². The van der Waals surface area contributed by atoms with Gasteiger partial charge in [-0.25, -0.2) is 0 Å². The largest absolute Gasteiger partial charge is 0.384 e. The smallest absolute Gasteiger partial charge is 0.220 e. The molecule has 1 aromatic rings. The molecule has 0 unspecified atom stereocenters. The van der Waals surface area contributed by atoms with E-state index in [2.05, 4.69) is 32.6 Å². The Morgan fingerprint density at radius 1 is 1.35 bits per heavy atom. The second kappa shape index (κ2) is 10.3. The van der Waals surface area contributed by atoms with Gasteiger partial charge in [-0.05, 0) is 44.0 Å². The highest BCUT2D eigenvalue weighted by Gasteiger charge is 2.32. The van der Waals surface area contributed by atoms with Crippen LogP contribution in [0.1, 0.15) is 24.8 Å². The minimum Gasteiger partial charge on any atom is -0.384 e. The van der Waals surface area contributed by atoms with Crippen molar-refractivity contribution in [2.24, 2.45) is 5.41 Å². The first-order valence-corrected chi connectivity index (χ1v) is 8.64. The summed E-state index contributed by atoms with van der Waals surface area (Å²) in [7, 11) is 1.73. The molecule has 1 amide bonds. The second-order valence-corrected chi connectivity index (χ2v) is 6.91. The van der Waals surface area contributed by atoms with Crippen molar-refractivity contribution < 1.29 is 9.53 Å². The van der Waals surface area contributed by atoms with E-state index in [1.165, 1.54) is 5.56 Å². The Hall–Kier alpha value is -0.620. The predicted molar refractivity (Wildman–Crippen MR) is 99.1 cm³/mol. The molecule has 1 aliphatic heterocycles. The Morgan fingerprint density at radius 3 is 2.70 bits per heavy atom. The fourth-order valence-electron chi connectivity index (χ4n) is 2.96. The fraction of sp³-hybridized carbons (Fsp3) is 0.588. The zero-order chi connectivity index (χ0) is 15.8. The van der Waals surface area contributed by atoms with Crippen LogP contribution < -0.4 is 10.6 Å². The molecule has 2 N–H and O–H groups in total. The molecule has 6 heteroatoms. The van der Waals surface area contributed by atoms with Crippen LogP contribution in [0.3, 0.4) is 0 Å². The molecule has 0 saturated carbocycles. The Bertz CT molecular complexity index is 488. The number of ether oxygens (including phenoxy) is 1. The van der Waals surface area contributed by atoms with Crippen molar-refractivity contribution in [3.05, 3.63) is 34.3 Å². The van der Waals surface area contributed by atoms with Gasteiger partial charge in [0, 0.05) is 30.0 Å². The number of benzene rings is 1. The van der Waals surface area contributed by atoms with Crippen LogP contribution in [0, 0.1) is 5.41 Å². The minimum absolute atomic E-state index is 0. The van der Waals surface area contributed by atoms with Crippen LogP contribution in [0.5, 0.6) is 0 Å². The molecule has 1 aliphatic rings. The van der Waals surface area contributed by atoms with Gasteiger partial charge < -0.3 is 15.4 Å². The molecule has 0 radical (unpaired) electrons. The number of nitrogens with one attached hydrogen (secondary N) is 2. The van der Waals surface area contributed by atoms with Crippen molar-refractivity contribution in [1.29, 1.82) is 0 Å². The van der Waals surface area contributed by atoms with Crippen LogP contribution in [0.15, 0.2) is 28.7 Å². The van der Waals surface area contributed by atoms with Crippen molar-refractivity contribution in [1.82, 2.24) is 10.6 Å². The van der Waals surface area contributed by atoms with Gasteiger partial charge in [0.25, 0.3) is 0 Å². The molecule has 0 spiro atoms. The fourth-order valence-corrected chi connectivity index (χ4v) is 3.44. The van der Waals surface area contributed by atoms with Gasteiger partial charge in [0.15, 0.2) is 0 Å². The van der Waals surface area contributed by atoms with Gasteiger partial charge in [-0.1, -0.05) is 34.1 Å². The lowest BCUT2D eigenvalue weighted by atomic mass is 9.79. The lowest BCUT2D eigenvalue weighted by Gasteiger charge is -2.37. The van der Waals surface area contributed by atoms with Gasteiger partial charge in [0.05, 0.1) is 6.61 Å². The SMILES string of the molecule is COCC1(CNC(=O)CCc2ccccc2Br)CCNCC1.Cl. The highest BCUT2D eigenvalue weighted by atomic mass is 79.9. The van der Waals surface area contributed by atoms with E-state index in [1.807, 2.05) is 18.2 Å². The highest BCUT2D eigenvalue weighted by molar-refractivity contribution is 9.10. The lowest BCUT2D eigenvalue weighted by Crippen LogP contribution is -2.47. The van der Waals surface area contributed by atoms with Crippen molar-refractivity contribution in [3.8, 4) is 0 Å². The molecule has 4 nitrogen and oxygen atoms in total. The summed E-state index contributed by atoms with van der Waals surface area (Å²) in [6.07, 6.45) is 3.37. The van der Waals surface area contributed by atoms with Crippen LogP contribution in [0.2, 0.25) is 0 Å². The highest BCUT2D eigenvalue weighted by Crippen LogP contribution is 2.28. The Balaban J connectivity index is 0.00000264. The van der Waals surface area contributed by atoms with Gasteiger partial charge in [0.2, 0.25) is 5.91 Å². The van der Waals surface area contributed by atoms with E-state index in [-0.39, 0.29) is 23.7 Å². The summed E-state index contributed by atoms with van der Waals surface area (Å²) in [5.41, 5.74) is 1.26. The molecule has 0 aliphatic carbocycles. The number of hydrogen-bond donors (Lipinski definition) is 2. The quantitative estimate of drug-likeness (QED) is 0.733. The molecule has 1 aromatic carbocycles. The molecular formula is C17H26BrClN2O2. The maximum absolute atomic E-state index is 12.1. The zero-order valence-corrected chi connectivity index (χ0v) is 16.0. The average molecular weight is 406 g/mol. The van der Waals surface area contributed by atoms with Gasteiger partial charge in [-0.2, -0.15) is 0 Å². The van der Waals surface area contributed by atoms with Crippen molar-refractivity contribution in [2.45, 2.75) is 25.7 Å². The van der Waals surface area contributed by atoms with Gasteiger partial charge in [-0.3, -0.25) is 4.79 Å². The normalized spacial score (nSPS) is 16.4. The number of amides is 1. The summed E-state index contributed by atoms with van der Waals surface area (Å²) in [6, 6.07) is 8.05. The molecule has 0 atom stereocenters. The van der Waals surface area contributed by atoms with Crippen LogP contribution >= 0.6 is 28.3 Å². The van der Waals surface area contributed by atoms with E-state index in [9.17, 15) is 4.79 Å². The Kier molecular flexibility index (Phi) is 9.14. The van der Waals surface area contributed by atoms with E-state index in [1.54, 1.807) is 7.11 Å². The second-order valence-electron chi connectivity index (χ2n) is 6.05. The molecule has 0 bridgehead atoms. The summed E-state index contributed by atoms with van der Waals surface area (Å²) < 4.78 is 6.44. The maximum atomic E-state index is 12.1. The van der Waals surface area contributed by atoms with E-state index in [0.29, 0.717) is 19.6 Å². The number of halogens is 2. The third-order valence-corrected chi connectivity index (χ3v) is 5.13. The number of piperidine rings is 1. The summed E-state index contributed by atoms with van der Waals surface area (Å²) in [5, 5.41) is 6.47. The number of carbonyl (C=O) groups excluding carboxylic acids is 1. The molecule has 130 valence electrons. The zero-order valence-electron chi connectivity index (χ0n) is 13.6. The molecule has 1 fully saturated rings. The first kappa shape index (κ1) is 20.4. The lowest BCUT2D eigenvalue weighted by molar-refractivity contribution is -0.122. The van der Waals surface area contributed by atoms with E-state index < -0.39 is 0 Å². The predicted octanol–water partition coefficient (Wildman–Crippen LogP) is 2.94. The van der Waals surface area contributed by atoms with E-state index in [4.69, 9.17) is 4.74 Å². The number of rotatable bonds is 7. The summed E-state index contributed by atoms with van der Waals surface area (Å²) in [4.78, 5) is 12.1. The van der Waals surface area contributed by atoms with Crippen LogP contribution in [-0.4, -0.2) is 39.3 Å². The Morgan fingerprint density at radius 2 is 2.04 bits per heavy atom. The molecule has 1 heterocycles. The Labute approximate surface area is 153 Å². The van der Waals surface area contributed by atoms with Crippen LogP contribution in [-0.2, 0) is 16.0 Å². The number of carbonyl (C=O) groups is 1. The molecule has 23 heavy (non-hydrogen) atoms. The third-order valence-electron chi connectivity index (χ3n) is 4.35. The van der Waals surface area contributed by atoms with Crippen molar-refractivity contribution in [3.63, 3.8) is 0 Å². The van der Waals surface area contributed by atoms with E-state index in [0.717, 1.165) is 36.8 Å². The number of methoxy groups -OCH3 is 1. The number of aryl methyl sites for hydroxylation is 1. The molecule has 2 rings (SSSR count). The summed E-state index contributed by atoms with van der Waals surface area (Å²) in [5.74, 6) is 0.116. The summed E-state index contributed by atoms with van der Waals surface area (Å²) >= 11 is 3.52. The molecular weight excluding hydrogens is 380 g/mol. The monoisotopic (exact) mass is 404 g/mol. The van der Waals surface area contributed by atoms with Crippen molar-refractivity contribution in [2.75, 3.05) is 33.4 Å². The minimum atomic E-state index is 0. The van der Waals surface area contributed by atoms with Crippen LogP contribution in [0.25, 0.3) is 0 Å². The van der Waals surface area contributed by atoms with Crippen molar-refractivity contribution >= 4 is 34.2 Å². The average Bonchev–Trinajstić information content (AvgIpc) is 2.53. The van der Waals surface area contributed by atoms with Gasteiger partial charge in [0.1, 0.15) is 0 Å².